The van der Waals surface area contributed by atoms with Gasteiger partial charge in [-0.3, -0.25) is 9.59 Å². The number of aromatic nitrogens is 3. The summed E-state index contributed by atoms with van der Waals surface area (Å²) in [7, 11) is 0. The molecule has 0 saturated carbocycles. The number of rotatable bonds is 3. The van der Waals surface area contributed by atoms with E-state index >= 15 is 0 Å². The van der Waals surface area contributed by atoms with E-state index < -0.39 is 17.7 Å². The van der Waals surface area contributed by atoms with Crippen molar-refractivity contribution in [1.82, 2.24) is 19.9 Å². The molecule has 1 aromatic heterocycles. The number of piperidine rings is 1. The average molecular weight is 332 g/mol. The lowest BCUT2D eigenvalue weighted by molar-refractivity contribution is -0.143. The molecular weight excluding hydrogens is 315 g/mol. The molecule has 1 aromatic carbocycles. The van der Waals surface area contributed by atoms with Crippen molar-refractivity contribution in [2.45, 2.75) is 25.8 Å². The van der Waals surface area contributed by atoms with E-state index in [4.69, 9.17) is 0 Å². The first-order valence-electron chi connectivity index (χ1n) is 7.67. The molecule has 1 aliphatic rings. The van der Waals surface area contributed by atoms with E-state index in [1.807, 2.05) is 6.92 Å². The Balaban J connectivity index is 1.96. The van der Waals surface area contributed by atoms with Crippen molar-refractivity contribution in [2.24, 2.45) is 5.92 Å². The molecule has 0 unspecified atom stereocenters. The van der Waals surface area contributed by atoms with Crippen molar-refractivity contribution in [1.29, 1.82) is 0 Å². The second-order valence-electron chi connectivity index (χ2n) is 5.90. The molecule has 126 valence electrons. The van der Waals surface area contributed by atoms with Gasteiger partial charge in [0.15, 0.2) is 0 Å². The molecule has 3 rings (SSSR count). The summed E-state index contributed by atoms with van der Waals surface area (Å²) in [6.07, 6.45) is 4.02. The van der Waals surface area contributed by atoms with Crippen LogP contribution in [0.3, 0.4) is 0 Å². The Kier molecular flexibility index (Phi) is 4.28. The number of hydrogen-bond donors (Lipinski definition) is 1. The number of carboxylic acids is 1. The van der Waals surface area contributed by atoms with E-state index in [0.29, 0.717) is 12.8 Å². The summed E-state index contributed by atoms with van der Waals surface area (Å²) in [4.78, 5) is 26.9. The van der Waals surface area contributed by atoms with Crippen LogP contribution < -0.4 is 0 Å². The molecule has 1 aliphatic heterocycles. The van der Waals surface area contributed by atoms with Gasteiger partial charge in [0.1, 0.15) is 11.5 Å². The van der Waals surface area contributed by atoms with E-state index in [0.717, 1.165) is 0 Å². The van der Waals surface area contributed by atoms with E-state index in [1.165, 1.54) is 40.3 Å². The molecule has 2 heterocycles. The van der Waals surface area contributed by atoms with Gasteiger partial charge >= 0.3 is 5.97 Å². The maximum atomic E-state index is 13.6. The van der Waals surface area contributed by atoms with Crippen molar-refractivity contribution >= 4 is 11.9 Å². The van der Waals surface area contributed by atoms with Crippen molar-refractivity contribution < 1.29 is 19.1 Å². The van der Waals surface area contributed by atoms with E-state index in [-0.39, 0.29) is 29.7 Å². The second kappa shape index (κ2) is 6.38. The van der Waals surface area contributed by atoms with Crippen molar-refractivity contribution in [3.63, 3.8) is 0 Å². The van der Waals surface area contributed by atoms with Gasteiger partial charge in [-0.25, -0.2) is 4.39 Å². The van der Waals surface area contributed by atoms with Gasteiger partial charge in [-0.15, -0.1) is 0 Å². The summed E-state index contributed by atoms with van der Waals surface area (Å²) in [5, 5.41) is 17.1. The number of carboxylic acid groups (broad SMARTS) is 1. The van der Waals surface area contributed by atoms with Crippen LogP contribution in [0.15, 0.2) is 30.6 Å². The summed E-state index contributed by atoms with van der Waals surface area (Å²) in [5.41, 5.74) is 0.472. The molecule has 2 atom stereocenters. The van der Waals surface area contributed by atoms with Gasteiger partial charge in [-0.1, -0.05) is 0 Å². The van der Waals surface area contributed by atoms with Crippen LogP contribution in [0.25, 0.3) is 5.69 Å². The smallest absolute Gasteiger partial charge is 0.308 e. The third-order valence-corrected chi connectivity index (χ3v) is 4.32. The maximum absolute atomic E-state index is 13.6. The number of aliphatic carboxylic acids is 1. The third-order valence-electron chi connectivity index (χ3n) is 4.32. The predicted octanol–water partition coefficient (Wildman–Crippen LogP) is 1.73. The van der Waals surface area contributed by atoms with Crippen molar-refractivity contribution in [3.05, 3.63) is 42.0 Å². The predicted molar refractivity (Wildman–Crippen MR) is 82.2 cm³/mol. The first-order valence-corrected chi connectivity index (χ1v) is 7.67. The van der Waals surface area contributed by atoms with Gasteiger partial charge < -0.3 is 10.0 Å². The van der Waals surface area contributed by atoms with E-state index in [1.54, 1.807) is 0 Å². The fraction of sp³-hybridized carbons (Fsp3) is 0.375. The van der Waals surface area contributed by atoms with Gasteiger partial charge in [0.2, 0.25) is 0 Å². The molecular formula is C16H17FN4O3. The average Bonchev–Trinajstić information content (AvgIpc) is 3.08. The number of carbonyl (C=O) groups is 2. The quantitative estimate of drug-likeness (QED) is 0.925. The lowest BCUT2D eigenvalue weighted by atomic mass is 9.92. The molecule has 24 heavy (non-hydrogen) atoms. The maximum Gasteiger partial charge on any atom is 0.308 e. The fourth-order valence-corrected chi connectivity index (χ4v) is 2.94. The lowest BCUT2D eigenvalue weighted by Gasteiger charge is -2.36. The van der Waals surface area contributed by atoms with Crippen LogP contribution in [0.1, 0.15) is 30.1 Å². The Morgan fingerprint density at radius 3 is 2.62 bits per heavy atom. The largest absolute Gasteiger partial charge is 0.481 e. The minimum Gasteiger partial charge on any atom is -0.481 e. The first kappa shape index (κ1) is 16.1. The molecule has 1 saturated heterocycles. The second-order valence-corrected chi connectivity index (χ2v) is 5.90. The molecule has 1 N–H and O–H groups in total. The minimum absolute atomic E-state index is 0.0865. The fourth-order valence-electron chi connectivity index (χ4n) is 2.94. The number of halogens is 1. The standard InChI is InChI=1S/C16H17FN4O3/c1-10-2-3-11(16(23)24)9-20(10)15(22)13-5-4-12(17)8-14(13)21-18-6-7-19-21/h4-8,10-11H,2-3,9H2,1H3,(H,23,24)/t10-,11-/m1/s1. The molecule has 0 spiro atoms. The highest BCUT2D eigenvalue weighted by Crippen LogP contribution is 2.26. The number of nitrogens with zero attached hydrogens (tertiary/aromatic N) is 4. The Labute approximate surface area is 137 Å². The zero-order valence-electron chi connectivity index (χ0n) is 13.1. The number of amides is 1. The Morgan fingerprint density at radius 2 is 1.96 bits per heavy atom. The normalized spacial score (nSPS) is 20.8. The van der Waals surface area contributed by atoms with Crippen LogP contribution in [0.4, 0.5) is 4.39 Å². The van der Waals surface area contributed by atoms with E-state index in [9.17, 15) is 19.1 Å². The molecule has 1 fully saturated rings. The Bertz CT molecular complexity index is 763. The highest BCUT2D eigenvalue weighted by Gasteiger charge is 2.34. The monoisotopic (exact) mass is 332 g/mol. The number of carbonyl (C=O) groups excluding carboxylic acids is 1. The Hall–Kier alpha value is -2.77. The summed E-state index contributed by atoms with van der Waals surface area (Å²) < 4.78 is 13.6. The molecule has 7 nitrogen and oxygen atoms in total. The van der Waals surface area contributed by atoms with Gasteiger partial charge in [0, 0.05) is 18.7 Å². The topological polar surface area (TPSA) is 88.3 Å². The molecule has 0 bridgehead atoms. The minimum atomic E-state index is -0.909. The lowest BCUT2D eigenvalue weighted by Crippen LogP contribution is -2.47. The zero-order valence-corrected chi connectivity index (χ0v) is 13.1. The Morgan fingerprint density at radius 1 is 1.25 bits per heavy atom. The van der Waals surface area contributed by atoms with Crippen LogP contribution in [0.5, 0.6) is 0 Å². The molecule has 0 aliphatic carbocycles. The SMILES string of the molecule is C[C@@H]1CC[C@@H](C(=O)O)CN1C(=O)c1ccc(F)cc1-n1nccn1. The van der Waals surface area contributed by atoms with E-state index in [2.05, 4.69) is 10.2 Å². The molecule has 1 amide bonds. The van der Waals surface area contributed by atoms with Crippen LogP contribution >= 0.6 is 0 Å². The highest BCUT2D eigenvalue weighted by molar-refractivity contribution is 5.98. The van der Waals surface area contributed by atoms with Crippen molar-refractivity contribution in [2.75, 3.05) is 6.54 Å². The molecule has 0 radical (unpaired) electrons. The molecule has 8 heteroatoms. The summed E-state index contributed by atoms with van der Waals surface area (Å²) in [6, 6.07) is 3.68. The summed E-state index contributed by atoms with van der Waals surface area (Å²) in [6.45, 7) is 2.02. The van der Waals surface area contributed by atoms with Crippen LogP contribution in [-0.4, -0.2) is 49.5 Å². The summed E-state index contributed by atoms with van der Waals surface area (Å²) >= 11 is 0. The van der Waals surface area contributed by atoms with Crippen LogP contribution in [-0.2, 0) is 4.79 Å². The zero-order chi connectivity index (χ0) is 17.3. The van der Waals surface area contributed by atoms with Gasteiger partial charge in [0.25, 0.3) is 5.91 Å². The highest BCUT2D eigenvalue weighted by atomic mass is 19.1. The third kappa shape index (κ3) is 2.99. The van der Waals surface area contributed by atoms with Crippen molar-refractivity contribution in [3.8, 4) is 5.69 Å². The summed E-state index contributed by atoms with van der Waals surface area (Å²) in [5.74, 6) is -2.35. The molecule has 2 aromatic rings. The van der Waals surface area contributed by atoms with Crippen LogP contribution in [0, 0.1) is 11.7 Å². The number of hydrogen-bond acceptors (Lipinski definition) is 4. The first-order chi connectivity index (χ1) is 11.5. The van der Waals surface area contributed by atoms with Gasteiger partial charge in [-0.2, -0.15) is 15.0 Å². The number of benzene rings is 1. The number of likely N-dealkylation sites (tertiary alicyclic amines) is 1. The van der Waals surface area contributed by atoms with Crippen LogP contribution in [0.2, 0.25) is 0 Å². The van der Waals surface area contributed by atoms with Gasteiger partial charge in [-0.05, 0) is 31.9 Å². The van der Waals surface area contributed by atoms with Gasteiger partial charge in [0.05, 0.1) is 23.9 Å².